The zero-order valence-electron chi connectivity index (χ0n) is 22.0. The number of carbonyl (C=O) groups excluding carboxylic acids is 2. The summed E-state index contributed by atoms with van der Waals surface area (Å²) in [6.45, 7) is 2.27. The molecule has 2 aromatic carbocycles. The van der Waals surface area contributed by atoms with Crippen molar-refractivity contribution in [1.29, 1.82) is 0 Å². The van der Waals surface area contributed by atoms with Gasteiger partial charge in [-0.05, 0) is 48.7 Å². The Morgan fingerprint density at radius 2 is 1.45 bits per heavy atom. The van der Waals surface area contributed by atoms with Gasteiger partial charge in [-0.25, -0.2) is 12.8 Å². The van der Waals surface area contributed by atoms with E-state index in [1.807, 2.05) is 0 Å². The van der Waals surface area contributed by atoms with Gasteiger partial charge in [-0.1, -0.05) is 12.1 Å². The first-order chi connectivity index (χ1) is 19.4. The number of piperazine rings is 1. The topological polar surface area (TPSA) is 98.2 Å². The average molecular weight is 626 g/mol. The van der Waals surface area contributed by atoms with Crippen LogP contribution in [0.5, 0.6) is 0 Å². The van der Waals surface area contributed by atoms with Crippen molar-refractivity contribution >= 4 is 27.5 Å². The van der Waals surface area contributed by atoms with Crippen molar-refractivity contribution in [2.24, 2.45) is 0 Å². The quantitative estimate of drug-likeness (QED) is 0.511. The highest BCUT2D eigenvalue weighted by Crippen LogP contribution is 2.51. The van der Waals surface area contributed by atoms with Crippen LogP contribution in [0.4, 0.5) is 36.4 Å². The number of hydrogen-bond acceptors (Lipinski definition) is 5. The van der Waals surface area contributed by atoms with E-state index in [0.717, 1.165) is 34.6 Å². The van der Waals surface area contributed by atoms with E-state index >= 15 is 0 Å². The standard InChI is InChI=1S/C26H26F7N3O5S/c1-16(37)34-10-12-35(13-11-34)23(38)15-20-6-2-17-14-18(24(39,25(28,29)30)26(31,32)33)3-9-22(17)36(20)42(40,41)21-7-4-19(27)5-8-21/h3-5,7-9,14,20,39H,2,6,10-13,15H2,1H3. The summed E-state index contributed by atoms with van der Waals surface area (Å²) < 4.78 is 123. The van der Waals surface area contributed by atoms with Crippen molar-refractivity contribution in [2.75, 3.05) is 30.5 Å². The normalized spacial score (nSPS) is 18.6. The fourth-order valence-electron chi connectivity index (χ4n) is 5.18. The Hall–Kier alpha value is -3.40. The van der Waals surface area contributed by atoms with Gasteiger partial charge in [0.05, 0.1) is 16.6 Å². The number of sulfonamides is 1. The molecule has 1 unspecified atom stereocenters. The monoisotopic (exact) mass is 625 g/mol. The predicted octanol–water partition coefficient (Wildman–Crippen LogP) is 3.73. The smallest absolute Gasteiger partial charge is 0.369 e. The molecule has 42 heavy (non-hydrogen) atoms. The second-order valence-corrected chi connectivity index (χ2v) is 11.9. The predicted molar refractivity (Wildman–Crippen MR) is 134 cm³/mol. The van der Waals surface area contributed by atoms with Crippen LogP contribution < -0.4 is 4.31 Å². The summed E-state index contributed by atoms with van der Waals surface area (Å²) in [7, 11) is -4.61. The van der Waals surface area contributed by atoms with Crippen LogP contribution in [0.2, 0.25) is 0 Å². The van der Waals surface area contributed by atoms with Crippen molar-refractivity contribution in [3.8, 4) is 0 Å². The first kappa shape index (κ1) is 31.5. The molecular weight excluding hydrogens is 599 g/mol. The maximum Gasteiger partial charge on any atom is 0.430 e. The lowest BCUT2D eigenvalue weighted by Gasteiger charge is -2.40. The molecule has 0 saturated carbocycles. The van der Waals surface area contributed by atoms with Crippen molar-refractivity contribution in [1.82, 2.24) is 9.80 Å². The molecule has 230 valence electrons. The third-order valence-corrected chi connectivity index (χ3v) is 9.37. The lowest BCUT2D eigenvalue weighted by Crippen LogP contribution is -2.54. The largest absolute Gasteiger partial charge is 0.430 e. The van der Waals surface area contributed by atoms with Gasteiger partial charge in [0.25, 0.3) is 15.6 Å². The second kappa shape index (κ2) is 11.0. The number of aryl methyl sites for hydroxylation is 1. The molecule has 1 saturated heterocycles. The van der Waals surface area contributed by atoms with Gasteiger partial charge in [-0.2, -0.15) is 26.3 Å². The van der Waals surface area contributed by atoms with Gasteiger partial charge in [0.1, 0.15) is 5.82 Å². The molecule has 2 aromatic rings. The number of nitrogens with zero attached hydrogens (tertiary/aromatic N) is 3. The molecule has 2 heterocycles. The van der Waals surface area contributed by atoms with Gasteiger partial charge in [-0.15, -0.1) is 0 Å². The van der Waals surface area contributed by atoms with Crippen molar-refractivity contribution in [3.63, 3.8) is 0 Å². The maximum atomic E-state index is 13.8. The van der Waals surface area contributed by atoms with Crippen LogP contribution in [0.3, 0.4) is 0 Å². The third-order valence-electron chi connectivity index (χ3n) is 7.49. The van der Waals surface area contributed by atoms with Gasteiger partial charge in [0.2, 0.25) is 11.8 Å². The third kappa shape index (κ3) is 5.65. The summed E-state index contributed by atoms with van der Waals surface area (Å²) >= 11 is 0. The molecule has 1 fully saturated rings. The van der Waals surface area contributed by atoms with Crippen molar-refractivity contribution in [3.05, 3.63) is 59.4 Å². The summed E-state index contributed by atoms with van der Waals surface area (Å²) in [5.41, 5.74) is -7.27. The molecule has 1 atom stereocenters. The van der Waals surface area contributed by atoms with Crippen LogP contribution in [-0.2, 0) is 31.6 Å². The van der Waals surface area contributed by atoms with Crippen LogP contribution in [0.1, 0.15) is 30.9 Å². The zero-order valence-corrected chi connectivity index (χ0v) is 22.9. The van der Waals surface area contributed by atoms with E-state index < -0.39 is 56.2 Å². The SMILES string of the molecule is CC(=O)N1CCN(C(=O)CC2CCc3cc(C(O)(C(F)(F)F)C(F)(F)F)ccc3N2S(=O)(=O)c2ccc(F)cc2)CC1. The first-order valence-electron chi connectivity index (χ1n) is 12.7. The molecular formula is C26H26F7N3O5S. The number of fused-ring (bicyclic) bond motifs is 1. The highest BCUT2D eigenvalue weighted by atomic mass is 32.2. The summed E-state index contributed by atoms with van der Waals surface area (Å²) in [4.78, 5) is 27.3. The number of carbonyl (C=O) groups is 2. The molecule has 0 radical (unpaired) electrons. The fourth-order valence-corrected chi connectivity index (χ4v) is 6.90. The van der Waals surface area contributed by atoms with Gasteiger partial charge in [0, 0.05) is 45.1 Å². The van der Waals surface area contributed by atoms with Crippen molar-refractivity contribution < 1.29 is 53.8 Å². The van der Waals surface area contributed by atoms with E-state index in [1.165, 1.54) is 16.7 Å². The Morgan fingerprint density at radius 3 is 1.98 bits per heavy atom. The van der Waals surface area contributed by atoms with Gasteiger partial charge < -0.3 is 14.9 Å². The number of hydrogen-bond donors (Lipinski definition) is 1. The van der Waals surface area contributed by atoms with E-state index in [9.17, 15) is 53.8 Å². The molecule has 0 aliphatic carbocycles. The van der Waals surface area contributed by atoms with E-state index in [0.29, 0.717) is 12.1 Å². The van der Waals surface area contributed by atoms with E-state index in [4.69, 9.17) is 0 Å². The minimum absolute atomic E-state index is 0.160. The minimum Gasteiger partial charge on any atom is -0.369 e. The molecule has 0 bridgehead atoms. The van der Waals surface area contributed by atoms with Crippen LogP contribution in [0.15, 0.2) is 47.4 Å². The molecule has 1 N–H and O–H groups in total. The Kier molecular flexibility index (Phi) is 8.28. The number of benzene rings is 2. The van der Waals surface area contributed by atoms with E-state index in [1.54, 1.807) is 0 Å². The molecule has 2 amide bonds. The highest BCUT2D eigenvalue weighted by molar-refractivity contribution is 7.92. The molecule has 8 nitrogen and oxygen atoms in total. The Balaban J connectivity index is 1.75. The van der Waals surface area contributed by atoms with Gasteiger partial charge >= 0.3 is 12.4 Å². The van der Waals surface area contributed by atoms with Crippen LogP contribution in [-0.4, -0.2) is 79.7 Å². The van der Waals surface area contributed by atoms with E-state index in [2.05, 4.69) is 0 Å². The van der Waals surface area contributed by atoms with Crippen LogP contribution in [0, 0.1) is 5.82 Å². The van der Waals surface area contributed by atoms with Crippen LogP contribution >= 0.6 is 0 Å². The second-order valence-electron chi connectivity index (χ2n) is 10.1. The molecule has 2 aliphatic rings. The van der Waals surface area contributed by atoms with Gasteiger partial charge in [0.15, 0.2) is 0 Å². The summed E-state index contributed by atoms with van der Waals surface area (Å²) in [5, 5.41) is 9.86. The summed E-state index contributed by atoms with van der Waals surface area (Å²) in [5.74, 6) is -1.40. The van der Waals surface area contributed by atoms with E-state index in [-0.39, 0.29) is 62.6 Å². The lowest BCUT2D eigenvalue weighted by atomic mass is 9.87. The molecule has 0 aromatic heterocycles. The average Bonchev–Trinajstić information content (AvgIpc) is 2.91. The lowest BCUT2D eigenvalue weighted by molar-refractivity contribution is -0.376. The first-order valence-corrected chi connectivity index (χ1v) is 14.1. The van der Waals surface area contributed by atoms with Crippen LogP contribution in [0.25, 0.3) is 0 Å². The fraction of sp³-hybridized carbons (Fsp3) is 0.462. The zero-order chi connectivity index (χ0) is 31.3. The number of alkyl halides is 6. The maximum absolute atomic E-state index is 13.8. The number of halogens is 7. The van der Waals surface area contributed by atoms with Crippen molar-refractivity contribution in [2.45, 2.75) is 55.1 Å². The molecule has 4 rings (SSSR count). The Morgan fingerprint density at radius 1 is 0.905 bits per heavy atom. The molecule has 16 heteroatoms. The van der Waals surface area contributed by atoms with Gasteiger partial charge in [-0.3, -0.25) is 13.9 Å². The number of rotatable bonds is 5. The molecule has 2 aliphatic heterocycles. The molecule has 0 spiro atoms. The number of anilines is 1. The Bertz CT molecular complexity index is 1440. The number of aliphatic hydroxyl groups is 1. The summed E-state index contributed by atoms with van der Waals surface area (Å²) in [6.07, 6.45) is -13.0. The highest BCUT2D eigenvalue weighted by Gasteiger charge is 2.71. The number of amides is 2. The Labute approximate surface area is 236 Å². The summed E-state index contributed by atoms with van der Waals surface area (Å²) in [6, 6.07) is 4.06. The minimum atomic E-state index is -6.14.